The van der Waals surface area contributed by atoms with Crippen molar-refractivity contribution in [3.8, 4) is 5.75 Å². The van der Waals surface area contributed by atoms with Gasteiger partial charge in [-0.3, -0.25) is 9.59 Å². The van der Waals surface area contributed by atoms with Crippen molar-refractivity contribution in [3.63, 3.8) is 0 Å². The third-order valence-electron chi connectivity index (χ3n) is 4.87. The van der Waals surface area contributed by atoms with Gasteiger partial charge < -0.3 is 15.0 Å². The van der Waals surface area contributed by atoms with Gasteiger partial charge in [-0.25, -0.2) is 4.39 Å². The Morgan fingerprint density at radius 3 is 2.40 bits per heavy atom. The summed E-state index contributed by atoms with van der Waals surface area (Å²) < 4.78 is 20.0. The SMILES string of the molecule is Cc1cccc(OCC(=O)N(Cc2ccccc2F)[C@H](C)C(=O)NC(C)(C)C)c1C. The molecule has 0 saturated heterocycles. The van der Waals surface area contributed by atoms with Crippen molar-refractivity contribution < 1.29 is 18.7 Å². The number of nitrogens with one attached hydrogen (secondary N) is 1. The number of carbonyl (C=O) groups excluding carboxylic acids is 2. The molecule has 0 aliphatic carbocycles. The molecule has 0 bridgehead atoms. The average Bonchev–Trinajstić information content (AvgIpc) is 2.66. The second kappa shape index (κ2) is 9.74. The van der Waals surface area contributed by atoms with Crippen molar-refractivity contribution in [2.24, 2.45) is 0 Å². The van der Waals surface area contributed by atoms with Gasteiger partial charge in [-0.1, -0.05) is 30.3 Å². The summed E-state index contributed by atoms with van der Waals surface area (Å²) in [5.41, 5.74) is 1.89. The van der Waals surface area contributed by atoms with Crippen LogP contribution in [-0.4, -0.2) is 34.9 Å². The van der Waals surface area contributed by atoms with Gasteiger partial charge in [-0.05, 0) is 64.8 Å². The summed E-state index contributed by atoms with van der Waals surface area (Å²) in [7, 11) is 0. The molecule has 0 spiro atoms. The van der Waals surface area contributed by atoms with Gasteiger partial charge in [-0.2, -0.15) is 0 Å². The summed E-state index contributed by atoms with van der Waals surface area (Å²) in [5.74, 6) is -0.509. The van der Waals surface area contributed by atoms with E-state index < -0.39 is 23.3 Å². The zero-order valence-electron chi connectivity index (χ0n) is 18.6. The molecule has 2 rings (SSSR count). The van der Waals surface area contributed by atoms with E-state index in [0.29, 0.717) is 11.3 Å². The van der Waals surface area contributed by atoms with E-state index in [9.17, 15) is 14.0 Å². The molecule has 30 heavy (non-hydrogen) atoms. The molecule has 6 heteroatoms. The Hall–Kier alpha value is -2.89. The van der Waals surface area contributed by atoms with E-state index in [0.717, 1.165) is 11.1 Å². The third-order valence-corrected chi connectivity index (χ3v) is 4.87. The third kappa shape index (κ3) is 6.31. The second-order valence-electron chi connectivity index (χ2n) is 8.51. The molecule has 1 N–H and O–H groups in total. The fraction of sp³-hybridized carbons (Fsp3) is 0.417. The summed E-state index contributed by atoms with van der Waals surface area (Å²) in [6.45, 7) is 10.8. The maximum Gasteiger partial charge on any atom is 0.261 e. The van der Waals surface area contributed by atoms with E-state index in [2.05, 4.69) is 5.32 Å². The first-order valence-electron chi connectivity index (χ1n) is 10.0. The topological polar surface area (TPSA) is 58.6 Å². The number of hydrogen-bond donors (Lipinski definition) is 1. The fourth-order valence-electron chi connectivity index (χ4n) is 2.97. The normalized spacial score (nSPS) is 12.2. The van der Waals surface area contributed by atoms with Crippen molar-refractivity contribution in [3.05, 3.63) is 65.0 Å². The Kier molecular flexibility index (Phi) is 7.59. The predicted molar refractivity (Wildman–Crippen MR) is 116 cm³/mol. The fourth-order valence-corrected chi connectivity index (χ4v) is 2.97. The second-order valence-corrected chi connectivity index (χ2v) is 8.51. The van der Waals surface area contributed by atoms with Crippen LogP contribution in [0.3, 0.4) is 0 Å². The number of rotatable bonds is 7. The Morgan fingerprint density at radius 1 is 1.10 bits per heavy atom. The Morgan fingerprint density at radius 2 is 1.77 bits per heavy atom. The Labute approximate surface area is 178 Å². The molecule has 0 aliphatic rings. The summed E-state index contributed by atoms with van der Waals surface area (Å²) in [6.07, 6.45) is 0. The van der Waals surface area contributed by atoms with Crippen LogP contribution in [0, 0.1) is 19.7 Å². The van der Waals surface area contributed by atoms with Gasteiger partial charge in [0.2, 0.25) is 5.91 Å². The molecule has 0 saturated carbocycles. The molecule has 2 aromatic carbocycles. The van der Waals surface area contributed by atoms with E-state index in [4.69, 9.17) is 4.74 Å². The van der Waals surface area contributed by atoms with Crippen LogP contribution in [0.25, 0.3) is 0 Å². The highest BCUT2D eigenvalue weighted by Crippen LogP contribution is 2.21. The predicted octanol–water partition coefficient (Wildman–Crippen LogP) is 4.15. The van der Waals surface area contributed by atoms with Crippen molar-refractivity contribution in [2.45, 2.75) is 59.7 Å². The summed E-state index contributed by atoms with van der Waals surface area (Å²) in [4.78, 5) is 27.1. The first-order chi connectivity index (χ1) is 14.0. The molecule has 0 aromatic heterocycles. The molecule has 2 aromatic rings. The number of ether oxygens (including phenoxy) is 1. The average molecular weight is 415 g/mol. The van der Waals surface area contributed by atoms with Crippen LogP contribution in [-0.2, 0) is 16.1 Å². The number of amides is 2. The van der Waals surface area contributed by atoms with Gasteiger partial charge in [0, 0.05) is 17.6 Å². The largest absolute Gasteiger partial charge is 0.483 e. The summed E-state index contributed by atoms with van der Waals surface area (Å²) in [6, 6.07) is 11.1. The van der Waals surface area contributed by atoms with E-state index in [-0.39, 0.29) is 19.1 Å². The molecular formula is C24H31FN2O3. The van der Waals surface area contributed by atoms with Gasteiger partial charge >= 0.3 is 0 Å². The van der Waals surface area contributed by atoms with Crippen LogP contribution in [0.1, 0.15) is 44.4 Å². The van der Waals surface area contributed by atoms with E-state index in [1.807, 2.05) is 46.8 Å². The molecule has 5 nitrogen and oxygen atoms in total. The standard InChI is InChI=1S/C24H31FN2O3/c1-16-10-9-13-21(17(16)2)30-15-22(28)27(14-19-11-7-8-12-20(19)25)18(3)23(29)26-24(4,5)6/h7-13,18H,14-15H2,1-6H3,(H,26,29)/t18-/m1/s1. The zero-order chi connectivity index (χ0) is 22.5. The van der Waals surface area contributed by atoms with E-state index in [1.165, 1.54) is 11.0 Å². The first-order valence-corrected chi connectivity index (χ1v) is 10.0. The number of aryl methyl sites for hydroxylation is 1. The van der Waals surface area contributed by atoms with Crippen molar-refractivity contribution in [2.75, 3.05) is 6.61 Å². The first kappa shape index (κ1) is 23.4. The van der Waals surface area contributed by atoms with Gasteiger partial charge in [0.05, 0.1) is 0 Å². The zero-order valence-corrected chi connectivity index (χ0v) is 18.6. The summed E-state index contributed by atoms with van der Waals surface area (Å²) in [5, 5.41) is 2.88. The highest BCUT2D eigenvalue weighted by Gasteiger charge is 2.29. The summed E-state index contributed by atoms with van der Waals surface area (Å²) >= 11 is 0. The van der Waals surface area contributed by atoms with Crippen LogP contribution in [0.2, 0.25) is 0 Å². The molecule has 0 radical (unpaired) electrons. The minimum absolute atomic E-state index is 0.0274. The van der Waals surface area contributed by atoms with Crippen molar-refractivity contribution in [1.82, 2.24) is 10.2 Å². The van der Waals surface area contributed by atoms with Crippen LogP contribution < -0.4 is 10.1 Å². The van der Waals surface area contributed by atoms with Crippen LogP contribution in [0.5, 0.6) is 5.75 Å². The maximum absolute atomic E-state index is 14.2. The van der Waals surface area contributed by atoms with Crippen molar-refractivity contribution in [1.29, 1.82) is 0 Å². The minimum Gasteiger partial charge on any atom is -0.483 e. The highest BCUT2D eigenvalue weighted by atomic mass is 19.1. The van der Waals surface area contributed by atoms with Crippen molar-refractivity contribution >= 4 is 11.8 Å². The molecule has 0 aliphatic heterocycles. The van der Waals surface area contributed by atoms with Gasteiger partial charge in [0.1, 0.15) is 17.6 Å². The quantitative estimate of drug-likeness (QED) is 0.740. The van der Waals surface area contributed by atoms with Crippen LogP contribution in [0.4, 0.5) is 4.39 Å². The Balaban J connectivity index is 2.22. The maximum atomic E-state index is 14.2. The molecule has 0 heterocycles. The van der Waals surface area contributed by atoms with Gasteiger partial charge in [0.15, 0.2) is 6.61 Å². The lowest BCUT2D eigenvalue weighted by Gasteiger charge is -2.31. The van der Waals surface area contributed by atoms with E-state index >= 15 is 0 Å². The number of hydrogen-bond acceptors (Lipinski definition) is 3. The number of nitrogens with zero attached hydrogens (tertiary/aromatic N) is 1. The smallest absolute Gasteiger partial charge is 0.261 e. The molecular weight excluding hydrogens is 383 g/mol. The highest BCUT2D eigenvalue weighted by molar-refractivity contribution is 5.88. The van der Waals surface area contributed by atoms with Crippen LogP contribution >= 0.6 is 0 Å². The number of benzene rings is 2. The lowest BCUT2D eigenvalue weighted by atomic mass is 10.1. The lowest BCUT2D eigenvalue weighted by Crippen LogP contribution is -2.53. The number of halogens is 1. The minimum atomic E-state index is -0.793. The molecule has 1 atom stereocenters. The van der Waals surface area contributed by atoms with Gasteiger partial charge in [-0.15, -0.1) is 0 Å². The van der Waals surface area contributed by atoms with Gasteiger partial charge in [0.25, 0.3) is 5.91 Å². The Bertz CT molecular complexity index is 906. The monoisotopic (exact) mass is 414 g/mol. The van der Waals surface area contributed by atoms with E-state index in [1.54, 1.807) is 31.2 Å². The van der Waals surface area contributed by atoms with Crippen LogP contribution in [0.15, 0.2) is 42.5 Å². The number of carbonyl (C=O) groups is 2. The molecule has 162 valence electrons. The molecule has 2 amide bonds. The lowest BCUT2D eigenvalue weighted by molar-refractivity contribution is -0.142. The molecule has 0 unspecified atom stereocenters. The molecule has 0 fully saturated rings.